The van der Waals surface area contributed by atoms with Crippen LogP contribution in [0.25, 0.3) is 0 Å². The van der Waals surface area contributed by atoms with Crippen LogP contribution in [0.4, 0.5) is 0 Å². The average Bonchev–Trinajstić information content (AvgIpc) is 2.40. The van der Waals surface area contributed by atoms with Crippen molar-refractivity contribution >= 4 is 0 Å². The van der Waals surface area contributed by atoms with Crippen molar-refractivity contribution in [2.45, 2.75) is 12.0 Å². The molecular formula is C15H11NO2. The first-order valence-corrected chi connectivity index (χ1v) is 5.72. The van der Waals surface area contributed by atoms with Crippen molar-refractivity contribution < 1.29 is 9.84 Å². The van der Waals surface area contributed by atoms with Crippen LogP contribution in [0.3, 0.4) is 0 Å². The molecule has 2 aromatic carbocycles. The van der Waals surface area contributed by atoms with Gasteiger partial charge in [-0.05, 0) is 12.1 Å². The van der Waals surface area contributed by atoms with Gasteiger partial charge in [0, 0.05) is 11.1 Å². The summed E-state index contributed by atoms with van der Waals surface area (Å²) in [6.07, 6.45) is 0.00435. The second-order valence-corrected chi connectivity index (χ2v) is 4.29. The van der Waals surface area contributed by atoms with Crippen LogP contribution < -0.4 is 4.74 Å². The van der Waals surface area contributed by atoms with Crippen molar-refractivity contribution in [3.63, 3.8) is 0 Å². The average molecular weight is 237 g/mol. The van der Waals surface area contributed by atoms with E-state index in [1.807, 2.05) is 24.3 Å². The highest BCUT2D eigenvalue weighted by atomic mass is 16.5. The molecule has 1 N–H and O–H groups in total. The minimum Gasteiger partial charge on any atom is -0.457 e. The Morgan fingerprint density at radius 3 is 2.00 bits per heavy atom. The first kappa shape index (κ1) is 10.8. The molecular weight excluding hydrogens is 226 g/mol. The summed E-state index contributed by atoms with van der Waals surface area (Å²) in [5.41, 5.74) is -0.00398. The van der Waals surface area contributed by atoms with E-state index in [1.54, 1.807) is 24.3 Å². The normalized spacial score (nSPS) is 14.9. The Hall–Kier alpha value is -2.31. The molecule has 0 fully saturated rings. The SMILES string of the molecule is N#CCC1(O)c2ccccc2Oc2ccccc21. The fourth-order valence-corrected chi connectivity index (χ4v) is 2.36. The Balaban J connectivity index is 2.28. The molecule has 3 rings (SSSR count). The molecule has 0 atom stereocenters. The summed E-state index contributed by atoms with van der Waals surface area (Å²) in [5.74, 6) is 1.21. The summed E-state index contributed by atoms with van der Waals surface area (Å²) in [6.45, 7) is 0. The Labute approximate surface area is 105 Å². The van der Waals surface area contributed by atoms with E-state index in [-0.39, 0.29) is 6.42 Å². The molecule has 88 valence electrons. The number of nitrogens with zero attached hydrogens (tertiary/aromatic N) is 1. The number of aliphatic hydroxyl groups is 1. The lowest BCUT2D eigenvalue weighted by Crippen LogP contribution is -2.30. The van der Waals surface area contributed by atoms with E-state index in [9.17, 15) is 5.11 Å². The number of nitriles is 1. The minimum atomic E-state index is -1.29. The molecule has 0 saturated heterocycles. The summed E-state index contributed by atoms with van der Waals surface area (Å²) >= 11 is 0. The van der Waals surface area contributed by atoms with Crippen molar-refractivity contribution in [1.82, 2.24) is 0 Å². The van der Waals surface area contributed by atoms with Gasteiger partial charge in [-0.1, -0.05) is 36.4 Å². The lowest BCUT2D eigenvalue weighted by molar-refractivity contribution is 0.0746. The van der Waals surface area contributed by atoms with Crippen molar-refractivity contribution in [1.29, 1.82) is 5.26 Å². The van der Waals surface area contributed by atoms with Gasteiger partial charge < -0.3 is 9.84 Å². The zero-order valence-corrected chi connectivity index (χ0v) is 9.63. The predicted octanol–water partition coefficient (Wildman–Crippen LogP) is 2.94. The summed E-state index contributed by atoms with van der Waals surface area (Å²) in [5, 5.41) is 19.9. The largest absolute Gasteiger partial charge is 0.457 e. The van der Waals surface area contributed by atoms with Crippen LogP contribution in [0, 0.1) is 11.3 Å². The standard InChI is InChI=1S/C15H11NO2/c16-10-9-15(17)11-5-1-3-7-13(11)18-14-8-4-2-6-12(14)15/h1-8,17H,9H2. The molecule has 0 spiro atoms. The highest BCUT2D eigenvalue weighted by molar-refractivity contribution is 5.55. The van der Waals surface area contributed by atoms with E-state index in [4.69, 9.17) is 10.00 Å². The van der Waals surface area contributed by atoms with Crippen LogP contribution in [0.2, 0.25) is 0 Å². The second kappa shape index (κ2) is 3.86. The van der Waals surface area contributed by atoms with Crippen molar-refractivity contribution in [3.05, 3.63) is 59.7 Å². The maximum Gasteiger partial charge on any atom is 0.135 e. The Kier molecular flexibility index (Phi) is 2.32. The molecule has 1 aliphatic heterocycles. The first-order chi connectivity index (χ1) is 8.75. The van der Waals surface area contributed by atoms with E-state index in [2.05, 4.69) is 6.07 Å². The Morgan fingerprint density at radius 2 is 1.50 bits per heavy atom. The zero-order valence-electron chi connectivity index (χ0n) is 9.63. The summed E-state index contributed by atoms with van der Waals surface area (Å²) < 4.78 is 5.75. The number of hydrogen-bond donors (Lipinski definition) is 1. The highest BCUT2D eigenvalue weighted by Gasteiger charge is 2.40. The number of benzene rings is 2. The monoisotopic (exact) mass is 237 g/mol. The van der Waals surface area contributed by atoms with Gasteiger partial charge in [0.05, 0.1) is 12.5 Å². The second-order valence-electron chi connectivity index (χ2n) is 4.29. The summed E-state index contributed by atoms with van der Waals surface area (Å²) in [4.78, 5) is 0. The summed E-state index contributed by atoms with van der Waals surface area (Å²) in [6, 6.07) is 16.6. The van der Waals surface area contributed by atoms with Gasteiger partial charge in [-0.15, -0.1) is 0 Å². The van der Waals surface area contributed by atoms with Gasteiger partial charge in [0.25, 0.3) is 0 Å². The molecule has 2 aromatic rings. The molecule has 0 amide bonds. The lowest BCUT2D eigenvalue weighted by Gasteiger charge is -2.34. The Morgan fingerprint density at radius 1 is 1.00 bits per heavy atom. The molecule has 0 bridgehead atoms. The highest BCUT2D eigenvalue weighted by Crippen LogP contribution is 2.47. The van der Waals surface area contributed by atoms with E-state index in [1.165, 1.54) is 0 Å². The lowest BCUT2D eigenvalue weighted by atomic mass is 9.81. The van der Waals surface area contributed by atoms with Gasteiger partial charge in [-0.25, -0.2) is 0 Å². The third-order valence-corrected chi connectivity index (χ3v) is 3.22. The van der Waals surface area contributed by atoms with Gasteiger partial charge in [-0.3, -0.25) is 0 Å². The van der Waals surface area contributed by atoms with Gasteiger partial charge >= 0.3 is 0 Å². The van der Waals surface area contributed by atoms with Crippen LogP contribution in [0.1, 0.15) is 17.5 Å². The van der Waals surface area contributed by atoms with Gasteiger partial charge in [0.2, 0.25) is 0 Å². The van der Waals surface area contributed by atoms with Crippen molar-refractivity contribution in [3.8, 4) is 17.6 Å². The summed E-state index contributed by atoms with van der Waals surface area (Å²) in [7, 11) is 0. The van der Waals surface area contributed by atoms with Crippen LogP contribution in [-0.4, -0.2) is 5.11 Å². The maximum atomic E-state index is 10.9. The first-order valence-electron chi connectivity index (χ1n) is 5.72. The van der Waals surface area contributed by atoms with E-state index in [0.29, 0.717) is 22.6 Å². The molecule has 1 heterocycles. The predicted molar refractivity (Wildman–Crippen MR) is 66.2 cm³/mol. The van der Waals surface area contributed by atoms with Crippen molar-refractivity contribution in [2.24, 2.45) is 0 Å². The maximum absolute atomic E-state index is 10.9. The molecule has 18 heavy (non-hydrogen) atoms. The number of fused-ring (bicyclic) bond motifs is 2. The van der Waals surface area contributed by atoms with Gasteiger partial charge in [0.15, 0.2) is 0 Å². The van der Waals surface area contributed by atoms with Crippen molar-refractivity contribution in [2.75, 3.05) is 0 Å². The number of hydrogen-bond acceptors (Lipinski definition) is 3. The number of para-hydroxylation sites is 2. The molecule has 0 unspecified atom stereocenters. The van der Waals surface area contributed by atoms with Crippen LogP contribution in [-0.2, 0) is 5.60 Å². The molecule has 1 aliphatic rings. The van der Waals surface area contributed by atoms with E-state index in [0.717, 1.165) is 0 Å². The molecule has 3 heteroatoms. The third-order valence-electron chi connectivity index (χ3n) is 3.22. The molecule has 0 radical (unpaired) electrons. The molecule has 3 nitrogen and oxygen atoms in total. The van der Waals surface area contributed by atoms with E-state index >= 15 is 0 Å². The van der Waals surface area contributed by atoms with Crippen LogP contribution in [0.15, 0.2) is 48.5 Å². The molecule has 0 saturated carbocycles. The minimum absolute atomic E-state index is 0.00435. The number of ether oxygens (including phenoxy) is 1. The Bertz CT molecular complexity index is 597. The van der Waals surface area contributed by atoms with Gasteiger partial charge in [-0.2, -0.15) is 5.26 Å². The quantitative estimate of drug-likeness (QED) is 0.829. The fraction of sp³-hybridized carbons (Fsp3) is 0.133. The fourth-order valence-electron chi connectivity index (χ4n) is 2.36. The number of rotatable bonds is 1. The molecule has 0 aromatic heterocycles. The third kappa shape index (κ3) is 1.40. The van der Waals surface area contributed by atoms with E-state index < -0.39 is 5.60 Å². The smallest absolute Gasteiger partial charge is 0.135 e. The topological polar surface area (TPSA) is 53.2 Å². The van der Waals surface area contributed by atoms with Gasteiger partial charge in [0.1, 0.15) is 17.1 Å². The van der Waals surface area contributed by atoms with Crippen LogP contribution in [0.5, 0.6) is 11.5 Å². The molecule has 0 aliphatic carbocycles. The zero-order chi connectivity index (χ0) is 12.6. The van der Waals surface area contributed by atoms with Crippen LogP contribution >= 0.6 is 0 Å².